The third-order valence-electron chi connectivity index (χ3n) is 4.00. The van der Waals surface area contributed by atoms with E-state index in [4.69, 9.17) is 10.2 Å². The zero-order valence-electron chi connectivity index (χ0n) is 11.8. The van der Waals surface area contributed by atoms with Gasteiger partial charge in [0.25, 0.3) is 0 Å². The van der Waals surface area contributed by atoms with Crippen LogP contribution < -0.4 is 11.1 Å². The number of nitrogens with zero attached hydrogens (tertiary/aromatic N) is 1. The molecule has 106 valence electrons. The number of nitrogens with one attached hydrogen (secondary N) is 1. The maximum Gasteiger partial charge on any atom is 0.227 e. The number of amides is 1. The fourth-order valence-corrected chi connectivity index (χ4v) is 2.95. The van der Waals surface area contributed by atoms with Crippen LogP contribution >= 0.6 is 0 Å². The molecule has 2 heterocycles. The molecule has 1 fully saturated rings. The highest BCUT2D eigenvalue weighted by Gasteiger charge is 2.43. The Balaban J connectivity index is 2.16. The van der Waals surface area contributed by atoms with E-state index in [0.29, 0.717) is 6.54 Å². The van der Waals surface area contributed by atoms with Gasteiger partial charge in [-0.15, -0.1) is 0 Å². The van der Waals surface area contributed by atoms with Crippen molar-refractivity contribution in [3.8, 4) is 0 Å². The van der Waals surface area contributed by atoms with Crippen LogP contribution in [0.25, 0.3) is 0 Å². The van der Waals surface area contributed by atoms with Crippen molar-refractivity contribution in [2.24, 2.45) is 11.1 Å². The second kappa shape index (κ2) is 5.35. The zero-order valence-corrected chi connectivity index (χ0v) is 11.8. The van der Waals surface area contributed by atoms with E-state index >= 15 is 0 Å². The fraction of sp³-hybridized carbons (Fsp3) is 0.643. The quantitative estimate of drug-likeness (QED) is 0.856. The van der Waals surface area contributed by atoms with Crippen LogP contribution in [0, 0.1) is 5.41 Å². The van der Waals surface area contributed by atoms with Gasteiger partial charge in [-0.25, -0.2) is 0 Å². The first-order valence-electron chi connectivity index (χ1n) is 6.73. The summed E-state index contributed by atoms with van der Waals surface area (Å²) in [4.78, 5) is 14.2. The number of hydrogen-bond donors (Lipinski definition) is 2. The Morgan fingerprint density at radius 2 is 2.37 bits per heavy atom. The molecule has 0 spiro atoms. The molecule has 0 bridgehead atoms. The van der Waals surface area contributed by atoms with E-state index < -0.39 is 0 Å². The first kappa shape index (κ1) is 14.1. The lowest BCUT2D eigenvalue weighted by atomic mass is 9.89. The maximum absolute atomic E-state index is 12.0. The molecule has 5 heteroatoms. The summed E-state index contributed by atoms with van der Waals surface area (Å²) in [5.74, 6) is 0.967. The number of hydrogen-bond acceptors (Lipinski definition) is 4. The molecule has 19 heavy (non-hydrogen) atoms. The zero-order chi connectivity index (χ0) is 14.0. The van der Waals surface area contributed by atoms with Crippen molar-refractivity contribution in [3.63, 3.8) is 0 Å². The summed E-state index contributed by atoms with van der Waals surface area (Å²) in [6, 6.07) is 3.81. The summed E-state index contributed by atoms with van der Waals surface area (Å²) >= 11 is 0. The first-order valence-corrected chi connectivity index (χ1v) is 6.73. The highest BCUT2D eigenvalue weighted by molar-refractivity contribution is 5.82. The molecule has 1 aliphatic heterocycles. The second-order valence-electron chi connectivity index (χ2n) is 5.68. The van der Waals surface area contributed by atoms with Gasteiger partial charge in [0.1, 0.15) is 5.76 Å². The summed E-state index contributed by atoms with van der Waals surface area (Å²) in [5.41, 5.74) is 5.76. The molecule has 0 aliphatic carbocycles. The molecule has 1 aromatic rings. The van der Waals surface area contributed by atoms with Crippen molar-refractivity contribution in [1.29, 1.82) is 0 Å². The molecule has 3 atom stereocenters. The van der Waals surface area contributed by atoms with E-state index in [0.717, 1.165) is 18.7 Å². The van der Waals surface area contributed by atoms with Crippen LogP contribution in [0.1, 0.15) is 32.1 Å². The third kappa shape index (κ3) is 2.67. The Morgan fingerprint density at radius 1 is 1.63 bits per heavy atom. The Hall–Kier alpha value is -1.33. The van der Waals surface area contributed by atoms with Crippen LogP contribution in [0.5, 0.6) is 0 Å². The molecular formula is C14H23N3O2. The highest BCUT2D eigenvalue weighted by atomic mass is 16.3. The van der Waals surface area contributed by atoms with Gasteiger partial charge in [0, 0.05) is 26.2 Å². The maximum atomic E-state index is 12.0. The highest BCUT2D eigenvalue weighted by Crippen LogP contribution is 2.36. The van der Waals surface area contributed by atoms with Gasteiger partial charge in [0.05, 0.1) is 17.7 Å². The molecule has 1 aromatic heterocycles. The topological polar surface area (TPSA) is 71.5 Å². The van der Waals surface area contributed by atoms with E-state index in [-0.39, 0.29) is 23.4 Å². The van der Waals surface area contributed by atoms with E-state index in [1.165, 1.54) is 0 Å². The summed E-state index contributed by atoms with van der Waals surface area (Å²) in [6.07, 6.45) is 2.51. The Labute approximate surface area is 114 Å². The molecule has 1 amide bonds. The number of furan rings is 1. The monoisotopic (exact) mass is 265 g/mol. The standard InChI is InChI=1S/C14H23N3O2/c1-10(15)12(11-5-4-8-19-11)17-7-6-14(2,9-17)13(18)16-3/h4-5,8,10,12H,6-7,9,15H2,1-3H3,(H,16,18). The predicted octanol–water partition coefficient (Wildman–Crippen LogP) is 1.13. The van der Waals surface area contributed by atoms with Gasteiger partial charge in [0.15, 0.2) is 0 Å². The van der Waals surface area contributed by atoms with Crippen molar-refractivity contribution in [2.45, 2.75) is 32.4 Å². The number of carbonyl (C=O) groups excluding carboxylic acids is 1. The van der Waals surface area contributed by atoms with Gasteiger partial charge in [-0.05, 0) is 32.4 Å². The summed E-state index contributed by atoms with van der Waals surface area (Å²) < 4.78 is 5.50. The largest absolute Gasteiger partial charge is 0.468 e. The minimum absolute atomic E-state index is 0.0291. The van der Waals surface area contributed by atoms with Crippen molar-refractivity contribution in [2.75, 3.05) is 20.1 Å². The van der Waals surface area contributed by atoms with E-state index in [1.807, 2.05) is 26.0 Å². The lowest BCUT2D eigenvalue weighted by Gasteiger charge is -2.30. The van der Waals surface area contributed by atoms with Crippen molar-refractivity contribution in [1.82, 2.24) is 10.2 Å². The number of likely N-dealkylation sites (tertiary alicyclic amines) is 1. The molecule has 5 nitrogen and oxygen atoms in total. The SMILES string of the molecule is CNC(=O)C1(C)CCN(C(c2ccco2)C(C)N)C1. The van der Waals surface area contributed by atoms with E-state index in [9.17, 15) is 4.79 Å². The molecule has 2 rings (SSSR count). The van der Waals surface area contributed by atoms with Gasteiger partial charge in [-0.3, -0.25) is 9.69 Å². The van der Waals surface area contributed by atoms with Crippen molar-refractivity contribution in [3.05, 3.63) is 24.2 Å². The molecule has 3 unspecified atom stereocenters. The smallest absolute Gasteiger partial charge is 0.227 e. The van der Waals surface area contributed by atoms with Gasteiger partial charge >= 0.3 is 0 Å². The summed E-state index contributed by atoms with van der Waals surface area (Å²) in [6.45, 7) is 5.55. The minimum Gasteiger partial charge on any atom is -0.468 e. The molecule has 3 N–H and O–H groups in total. The fourth-order valence-electron chi connectivity index (χ4n) is 2.95. The normalized spacial score (nSPS) is 27.2. The Morgan fingerprint density at radius 3 is 2.89 bits per heavy atom. The van der Waals surface area contributed by atoms with Crippen LogP contribution in [0.4, 0.5) is 0 Å². The second-order valence-corrected chi connectivity index (χ2v) is 5.68. The summed E-state index contributed by atoms with van der Waals surface area (Å²) in [7, 11) is 1.69. The Kier molecular flexibility index (Phi) is 3.96. The first-order chi connectivity index (χ1) is 8.98. The number of rotatable bonds is 4. The van der Waals surface area contributed by atoms with Crippen LogP contribution in [0.2, 0.25) is 0 Å². The third-order valence-corrected chi connectivity index (χ3v) is 4.00. The minimum atomic E-state index is -0.339. The predicted molar refractivity (Wildman–Crippen MR) is 73.5 cm³/mol. The number of carbonyl (C=O) groups is 1. The van der Waals surface area contributed by atoms with Gasteiger partial charge < -0.3 is 15.5 Å². The average Bonchev–Trinajstić information content (AvgIpc) is 3.00. The molecule has 1 aliphatic rings. The number of nitrogens with two attached hydrogens (primary N) is 1. The lowest BCUT2D eigenvalue weighted by Crippen LogP contribution is -2.42. The molecule has 0 saturated carbocycles. The van der Waals surface area contributed by atoms with Gasteiger partial charge in [-0.2, -0.15) is 0 Å². The molecule has 0 aromatic carbocycles. The van der Waals surface area contributed by atoms with Crippen LogP contribution in [-0.2, 0) is 4.79 Å². The molecule has 0 radical (unpaired) electrons. The van der Waals surface area contributed by atoms with E-state index in [2.05, 4.69) is 10.2 Å². The van der Waals surface area contributed by atoms with Crippen molar-refractivity contribution >= 4 is 5.91 Å². The van der Waals surface area contributed by atoms with Gasteiger partial charge in [-0.1, -0.05) is 0 Å². The van der Waals surface area contributed by atoms with Crippen LogP contribution in [0.15, 0.2) is 22.8 Å². The summed E-state index contributed by atoms with van der Waals surface area (Å²) in [5, 5.41) is 2.75. The van der Waals surface area contributed by atoms with E-state index in [1.54, 1.807) is 13.3 Å². The van der Waals surface area contributed by atoms with Crippen LogP contribution in [0.3, 0.4) is 0 Å². The Bertz CT molecular complexity index is 430. The lowest BCUT2D eigenvalue weighted by molar-refractivity contribution is -0.129. The van der Waals surface area contributed by atoms with Crippen molar-refractivity contribution < 1.29 is 9.21 Å². The molecular weight excluding hydrogens is 242 g/mol. The van der Waals surface area contributed by atoms with Gasteiger partial charge in [0.2, 0.25) is 5.91 Å². The van der Waals surface area contributed by atoms with Crippen LogP contribution in [-0.4, -0.2) is 37.0 Å². The molecule has 1 saturated heterocycles. The average molecular weight is 265 g/mol.